The topological polar surface area (TPSA) is 76.7 Å². The van der Waals surface area contributed by atoms with E-state index in [9.17, 15) is 9.59 Å². The van der Waals surface area contributed by atoms with E-state index in [1.54, 1.807) is 6.92 Å². The molecule has 0 saturated heterocycles. The number of para-hydroxylation sites is 1. The fourth-order valence-electron chi connectivity index (χ4n) is 3.77. The van der Waals surface area contributed by atoms with Crippen molar-refractivity contribution >= 4 is 12.0 Å². The van der Waals surface area contributed by atoms with Gasteiger partial charge in [0, 0.05) is 17.7 Å². The minimum Gasteiger partial charge on any atom is -0.489 e. The van der Waals surface area contributed by atoms with Crippen molar-refractivity contribution in [2.75, 3.05) is 6.61 Å². The van der Waals surface area contributed by atoms with E-state index in [2.05, 4.69) is 10.6 Å². The molecule has 0 unspecified atom stereocenters. The number of nitrogens with one attached hydrogen (secondary N) is 2. The van der Waals surface area contributed by atoms with Gasteiger partial charge in [-0.15, -0.1) is 0 Å². The highest BCUT2D eigenvalue weighted by Gasteiger charge is 2.33. The maximum Gasteiger partial charge on any atom is 0.338 e. The van der Waals surface area contributed by atoms with Crippen molar-refractivity contribution in [2.24, 2.45) is 0 Å². The number of esters is 1. The lowest BCUT2D eigenvalue weighted by Gasteiger charge is -2.29. The Hall–Kier alpha value is -4.06. The molecule has 0 spiro atoms. The van der Waals surface area contributed by atoms with E-state index in [-0.39, 0.29) is 12.6 Å². The van der Waals surface area contributed by atoms with E-state index in [0.717, 1.165) is 11.1 Å². The van der Waals surface area contributed by atoms with Crippen molar-refractivity contribution in [2.45, 2.75) is 26.0 Å². The van der Waals surface area contributed by atoms with Crippen molar-refractivity contribution in [3.8, 4) is 5.75 Å². The molecule has 0 aliphatic carbocycles. The Kier molecular flexibility index (Phi) is 7.05. The van der Waals surface area contributed by atoms with Crippen molar-refractivity contribution < 1.29 is 19.1 Å². The zero-order valence-electron chi connectivity index (χ0n) is 18.4. The predicted molar refractivity (Wildman–Crippen MR) is 125 cm³/mol. The number of amides is 2. The highest BCUT2D eigenvalue weighted by atomic mass is 16.5. The summed E-state index contributed by atoms with van der Waals surface area (Å²) >= 11 is 0. The van der Waals surface area contributed by atoms with E-state index in [4.69, 9.17) is 9.47 Å². The molecule has 4 rings (SSSR count). The number of carbonyl (C=O) groups is 2. The average molecular weight is 443 g/mol. The van der Waals surface area contributed by atoms with Crippen LogP contribution in [0.2, 0.25) is 0 Å². The van der Waals surface area contributed by atoms with Gasteiger partial charge in [-0.1, -0.05) is 78.9 Å². The second-order valence-corrected chi connectivity index (χ2v) is 7.75. The first-order chi connectivity index (χ1) is 16.1. The number of ether oxygens (including phenoxy) is 2. The summed E-state index contributed by atoms with van der Waals surface area (Å²) in [7, 11) is 0. The molecule has 6 nitrogen and oxygen atoms in total. The fourth-order valence-corrected chi connectivity index (χ4v) is 3.77. The summed E-state index contributed by atoms with van der Waals surface area (Å²) in [5, 5.41) is 5.54. The van der Waals surface area contributed by atoms with Gasteiger partial charge in [0.25, 0.3) is 0 Å². The molecular weight excluding hydrogens is 416 g/mol. The minimum absolute atomic E-state index is 0.243. The molecule has 1 heterocycles. The number of benzene rings is 3. The second-order valence-electron chi connectivity index (χ2n) is 7.75. The number of carbonyl (C=O) groups excluding carboxylic acids is 2. The van der Waals surface area contributed by atoms with Gasteiger partial charge in [-0.3, -0.25) is 0 Å². The SMILES string of the molecule is CC1=C(C(=O)OCCc2ccccc2)[C@H](c2ccccc2OCc2ccccc2)NC(=O)N1. The van der Waals surface area contributed by atoms with Crippen LogP contribution in [0.5, 0.6) is 5.75 Å². The van der Waals surface area contributed by atoms with Gasteiger partial charge in [-0.25, -0.2) is 9.59 Å². The van der Waals surface area contributed by atoms with E-state index in [1.165, 1.54) is 0 Å². The molecule has 1 aliphatic rings. The fraction of sp³-hybridized carbons (Fsp3) is 0.185. The molecule has 1 atom stereocenters. The lowest BCUT2D eigenvalue weighted by Crippen LogP contribution is -2.45. The summed E-state index contributed by atoms with van der Waals surface area (Å²) in [6.07, 6.45) is 0.611. The first kappa shape index (κ1) is 22.1. The van der Waals surface area contributed by atoms with Crippen molar-refractivity contribution in [3.63, 3.8) is 0 Å². The first-order valence-electron chi connectivity index (χ1n) is 10.9. The summed E-state index contributed by atoms with van der Waals surface area (Å²) in [5.41, 5.74) is 3.62. The van der Waals surface area contributed by atoms with Gasteiger partial charge in [-0.05, 0) is 24.1 Å². The minimum atomic E-state index is -0.685. The molecule has 0 saturated carbocycles. The Morgan fingerprint density at radius 1 is 0.879 bits per heavy atom. The zero-order valence-corrected chi connectivity index (χ0v) is 18.4. The van der Waals surface area contributed by atoms with E-state index in [1.807, 2.05) is 84.9 Å². The predicted octanol–water partition coefficient (Wildman–Crippen LogP) is 4.68. The van der Waals surface area contributed by atoms with Crippen molar-refractivity contribution in [1.29, 1.82) is 0 Å². The molecule has 6 heteroatoms. The third-order valence-corrected chi connectivity index (χ3v) is 5.42. The Morgan fingerprint density at radius 2 is 1.52 bits per heavy atom. The van der Waals surface area contributed by atoms with E-state index < -0.39 is 12.0 Å². The lowest BCUT2D eigenvalue weighted by molar-refractivity contribution is -0.139. The molecular formula is C27H26N2O4. The summed E-state index contributed by atoms with van der Waals surface area (Å²) in [4.78, 5) is 25.3. The van der Waals surface area contributed by atoms with Crippen LogP contribution in [-0.4, -0.2) is 18.6 Å². The van der Waals surface area contributed by atoms with E-state index >= 15 is 0 Å². The zero-order chi connectivity index (χ0) is 23.0. The lowest BCUT2D eigenvalue weighted by atomic mass is 9.95. The number of rotatable bonds is 8. The standard InChI is InChI=1S/C27H26N2O4/c1-19-24(26(30)32-17-16-20-10-4-2-5-11-20)25(29-27(31)28-19)22-14-8-9-15-23(22)33-18-21-12-6-3-7-13-21/h2-15,25H,16-18H2,1H3,(H2,28,29,31)/t25-/m0/s1. The quantitative estimate of drug-likeness (QED) is 0.497. The van der Waals surface area contributed by atoms with Crippen LogP contribution in [0, 0.1) is 0 Å². The molecule has 3 aromatic carbocycles. The number of allylic oxidation sites excluding steroid dienone is 1. The maximum absolute atomic E-state index is 13.1. The molecule has 0 bridgehead atoms. The molecule has 2 N–H and O–H groups in total. The van der Waals surface area contributed by atoms with Gasteiger partial charge < -0.3 is 20.1 Å². The number of urea groups is 1. The molecule has 33 heavy (non-hydrogen) atoms. The van der Waals surface area contributed by atoms with Crippen LogP contribution in [0.4, 0.5) is 4.79 Å². The smallest absolute Gasteiger partial charge is 0.338 e. The molecule has 0 aromatic heterocycles. The maximum atomic E-state index is 13.1. The first-order valence-corrected chi connectivity index (χ1v) is 10.9. The summed E-state index contributed by atoms with van der Waals surface area (Å²) < 4.78 is 11.7. The third kappa shape index (κ3) is 5.60. The van der Waals surface area contributed by atoms with Crippen LogP contribution in [-0.2, 0) is 22.6 Å². The van der Waals surface area contributed by atoms with Gasteiger partial charge in [0.05, 0.1) is 18.2 Å². The molecule has 0 radical (unpaired) electrons. The van der Waals surface area contributed by atoms with Gasteiger partial charge in [-0.2, -0.15) is 0 Å². The Bertz CT molecular complexity index is 1140. The van der Waals surface area contributed by atoms with Crippen molar-refractivity contribution in [3.05, 3.63) is 113 Å². The van der Waals surface area contributed by atoms with Crippen LogP contribution < -0.4 is 15.4 Å². The van der Waals surface area contributed by atoms with Gasteiger partial charge in [0.15, 0.2) is 0 Å². The van der Waals surface area contributed by atoms with Crippen molar-refractivity contribution in [1.82, 2.24) is 10.6 Å². The summed E-state index contributed by atoms with van der Waals surface area (Å²) in [6.45, 7) is 2.32. The molecule has 168 valence electrons. The third-order valence-electron chi connectivity index (χ3n) is 5.42. The van der Waals surface area contributed by atoms with E-state index in [0.29, 0.717) is 35.6 Å². The Morgan fingerprint density at radius 3 is 2.24 bits per heavy atom. The largest absolute Gasteiger partial charge is 0.489 e. The van der Waals surface area contributed by atoms with Crippen LogP contribution >= 0.6 is 0 Å². The van der Waals surface area contributed by atoms with Crippen LogP contribution in [0.1, 0.15) is 29.7 Å². The highest BCUT2D eigenvalue weighted by Crippen LogP contribution is 2.34. The normalized spacial score (nSPS) is 15.4. The average Bonchev–Trinajstić information content (AvgIpc) is 2.83. The monoisotopic (exact) mass is 442 g/mol. The number of hydrogen-bond donors (Lipinski definition) is 2. The van der Waals surface area contributed by atoms with Gasteiger partial charge in [0.2, 0.25) is 0 Å². The summed E-state index contributed by atoms with van der Waals surface area (Å²) in [6, 6.07) is 26.0. The van der Waals surface area contributed by atoms with Crippen LogP contribution in [0.15, 0.2) is 96.2 Å². The molecule has 1 aliphatic heterocycles. The molecule has 3 aromatic rings. The highest BCUT2D eigenvalue weighted by molar-refractivity contribution is 5.95. The Labute approximate surface area is 193 Å². The van der Waals surface area contributed by atoms with Gasteiger partial charge >= 0.3 is 12.0 Å². The summed E-state index contributed by atoms with van der Waals surface area (Å²) in [5.74, 6) is 0.120. The second kappa shape index (κ2) is 10.5. The molecule has 2 amide bonds. The Balaban J connectivity index is 1.53. The van der Waals surface area contributed by atoms with Crippen LogP contribution in [0.25, 0.3) is 0 Å². The van der Waals surface area contributed by atoms with Crippen LogP contribution in [0.3, 0.4) is 0 Å². The molecule has 0 fully saturated rings. The number of hydrogen-bond acceptors (Lipinski definition) is 4. The van der Waals surface area contributed by atoms with Gasteiger partial charge in [0.1, 0.15) is 12.4 Å².